The van der Waals surface area contributed by atoms with Crippen LogP contribution in [0.1, 0.15) is 18.0 Å². The summed E-state index contributed by atoms with van der Waals surface area (Å²) in [6, 6.07) is 8.43. The molecule has 2 nitrogen and oxygen atoms in total. The molecule has 1 aliphatic heterocycles. The summed E-state index contributed by atoms with van der Waals surface area (Å²) in [5.41, 5.74) is 1.21. The molecule has 1 atom stereocenters. The van der Waals surface area contributed by atoms with Crippen LogP contribution in [0, 0.1) is 0 Å². The maximum Gasteiger partial charge on any atom is 0.0912 e. The molecule has 1 heterocycles. The molecule has 1 fully saturated rings. The van der Waals surface area contributed by atoms with Crippen molar-refractivity contribution in [1.29, 1.82) is 0 Å². The monoisotopic (exact) mass is 300 g/mol. The van der Waals surface area contributed by atoms with Crippen LogP contribution >= 0.6 is 15.9 Å². The van der Waals surface area contributed by atoms with E-state index in [4.69, 9.17) is 0 Å². The molecule has 1 aliphatic rings. The second-order valence-corrected chi connectivity index (χ2v) is 5.25. The average Bonchev–Trinajstić information content (AvgIpc) is 2.37. The van der Waals surface area contributed by atoms with Gasteiger partial charge < -0.3 is 5.32 Å². The number of nitrogens with one attached hydrogen (secondary N) is 1. The Kier molecular flexibility index (Phi) is 4.95. The number of benzene rings is 1. The number of rotatable bonds is 4. The molecule has 1 aromatic carbocycles. The van der Waals surface area contributed by atoms with E-state index in [-0.39, 0.29) is 12.7 Å². The van der Waals surface area contributed by atoms with E-state index in [1.165, 1.54) is 5.56 Å². The second-order valence-electron chi connectivity index (χ2n) is 4.33. The third kappa shape index (κ3) is 3.50. The van der Waals surface area contributed by atoms with Gasteiger partial charge in [-0.3, -0.25) is 9.29 Å². The van der Waals surface area contributed by atoms with E-state index in [1.54, 1.807) is 0 Å². The van der Waals surface area contributed by atoms with E-state index in [0.717, 1.165) is 30.7 Å². The van der Waals surface area contributed by atoms with Crippen LogP contribution in [-0.4, -0.2) is 37.8 Å². The summed E-state index contributed by atoms with van der Waals surface area (Å²) in [5.74, 6) is 0. The van der Waals surface area contributed by atoms with Crippen LogP contribution in [-0.2, 0) is 0 Å². The molecule has 94 valence electrons. The van der Waals surface area contributed by atoms with Gasteiger partial charge in [-0.1, -0.05) is 28.1 Å². The van der Waals surface area contributed by atoms with Gasteiger partial charge >= 0.3 is 0 Å². The first-order valence-corrected chi connectivity index (χ1v) is 6.87. The quantitative estimate of drug-likeness (QED) is 0.920. The van der Waals surface area contributed by atoms with Crippen LogP contribution in [0.15, 0.2) is 28.7 Å². The van der Waals surface area contributed by atoms with Crippen LogP contribution in [0.4, 0.5) is 4.39 Å². The lowest BCUT2D eigenvalue weighted by Crippen LogP contribution is -2.45. The SMILES string of the molecule is FCC[C@@H](c1cccc(Br)c1)N1CCNCC1. The highest BCUT2D eigenvalue weighted by atomic mass is 79.9. The molecule has 1 saturated heterocycles. The van der Waals surface area contributed by atoms with Crippen LogP contribution in [0.5, 0.6) is 0 Å². The van der Waals surface area contributed by atoms with Gasteiger partial charge in [0.15, 0.2) is 0 Å². The summed E-state index contributed by atoms with van der Waals surface area (Å²) in [5, 5.41) is 3.33. The van der Waals surface area contributed by atoms with E-state index in [1.807, 2.05) is 12.1 Å². The van der Waals surface area contributed by atoms with Gasteiger partial charge in [-0.15, -0.1) is 0 Å². The van der Waals surface area contributed by atoms with Crippen LogP contribution in [0.25, 0.3) is 0 Å². The molecular weight excluding hydrogens is 283 g/mol. The van der Waals surface area contributed by atoms with Gasteiger partial charge in [0.1, 0.15) is 0 Å². The Hall–Kier alpha value is -0.450. The molecule has 1 aromatic rings. The number of alkyl halides is 1. The van der Waals surface area contributed by atoms with Crippen molar-refractivity contribution in [3.8, 4) is 0 Å². The van der Waals surface area contributed by atoms with E-state index in [0.29, 0.717) is 6.42 Å². The van der Waals surface area contributed by atoms with E-state index < -0.39 is 0 Å². The lowest BCUT2D eigenvalue weighted by atomic mass is 10.0. The topological polar surface area (TPSA) is 15.3 Å². The fourth-order valence-electron chi connectivity index (χ4n) is 2.37. The van der Waals surface area contributed by atoms with Gasteiger partial charge in [0, 0.05) is 36.7 Å². The highest BCUT2D eigenvalue weighted by molar-refractivity contribution is 9.10. The Morgan fingerprint density at radius 2 is 2.12 bits per heavy atom. The summed E-state index contributed by atoms with van der Waals surface area (Å²) >= 11 is 3.48. The third-order valence-electron chi connectivity index (χ3n) is 3.21. The fraction of sp³-hybridized carbons (Fsp3) is 0.538. The zero-order valence-corrected chi connectivity index (χ0v) is 11.4. The Morgan fingerprint density at radius 1 is 1.35 bits per heavy atom. The Bertz CT molecular complexity index is 353. The van der Waals surface area contributed by atoms with Crippen molar-refractivity contribution in [2.75, 3.05) is 32.9 Å². The lowest BCUT2D eigenvalue weighted by molar-refractivity contribution is 0.157. The minimum Gasteiger partial charge on any atom is -0.314 e. The molecule has 0 aliphatic carbocycles. The number of hydrogen-bond donors (Lipinski definition) is 1. The normalized spacial score (nSPS) is 19.2. The van der Waals surface area contributed by atoms with Crippen molar-refractivity contribution in [3.63, 3.8) is 0 Å². The Labute approximate surface area is 110 Å². The molecule has 0 spiro atoms. The highest BCUT2D eigenvalue weighted by Gasteiger charge is 2.21. The molecule has 0 amide bonds. The molecular formula is C13H18BrFN2. The Balaban J connectivity index is 2.15. The number of hydrogen-bond acceptors (Lipinski definition) is 2. The minimum atomic E-state index is -0.263. The summed E-state index contributed by atoms with van der Waals surface area (Å²) in [6.07, 6.45) is 0.580. The summed E-state index contributed by atoms with van der Waals surface area (Å²) in [7, 11) is 0. The van der Waals surface area contributed by atoms with Crippen molar-refractivity contribution in [1.82, 2.24) is 10.2 Å². The summed E-state index contributed by atoms with van der Waals surface area (Å²) in [6.45, 7) is 3.73. The van der Waals surface area contributed by atoms with Gasteiger partial charge in [0.25, 0.3) is 0 Å². The number of halogens is 2. The molecule has 1 N–H and O–H groups in total. The zero-order valence-electron chi connectivity index (χ0n) is 9.83. The largest absolute Gasteiger partial charge is 0.314 e. The van der Waals surface area contributed by atoms with Crippen LogP contribution < -0.4 is 5.32 Å². The van der Waals surface area contributed by atoms with Gasteiger partial charge in [0.2, 0.25) is 0 Å². The lowest BCUT2D eigenvalue weighted by Gasteiger charge is -2.35. The molecule has 17 heavy (non-hydrogen) atoms. The molecule has 0 aromatic heterocycles. The van der Waals surface area contributed by atoms with Crippen molar-refractivity contribution < 1.29 is 4.39 Å². The van der Waals surface area contributed by atoms with Crippen molar-refractivity contribution in [2.45, 2.75) is 12.5 Å². The first-order valence-electron chi connectivity index (χ1n) is 6.07. The molecule has 0 saturated carbocycles. The number of nitrogens with zero attached hydrogens (tertiary/aromatic N) is 1. The first-order chi connectivity index (χ1) is 8.31. The van der Waals surface area contributed by atoms with Crippen molar-refractivity contribution in [2.24, 2.45) is 0 Å². The molecule has 0 bridgehead atoms. The van der Waals surface area contributed by atoms with Gasteiger partial charge in [0.05, 0.1) is 6.67 Å². The van der Waals surface area contributed by atoms with Crippen molar-refractivity contribution >= 4 is 15.9 Å². The van der Waals surface area contributed by atoms with Gasteiger partial charge in [-0.05, 0) is 24.1 Å². The van der Waals surface area contributed by atoms with E-state index >= 15 is 0 Å². The van der Waals surface area contributed by atoms with E-state index in [9.17, 15) is 4.39 Å². The predicted molar refractivity (Wildman–Crippen MR) is 71.9 cm³/mol. The fourth-order valence-corrected chi connectivity index (χ4v) is 2.79. The molecule has 0 radical (unpaired) electrons. The summed E-state index contributed by atoms with van der Waals surface area (Å²) < 4.78 is 13.8. The summed E-state index contributed by atoms with van der Waals surface area (Å²) in [4.78, 5) is 2.37. The maximum absolute atomic E-state index is 12.7. The maximum atomic E-state index is 12.7. The smallest absolute Gasteiger partial charge is 0.0912 e. The van der Waals surface area contributed by atoms with Crippen LogP contribution in [0.3, 0.4) is 0 Å². The van der Waals surface area contributed by atoms with E-state index in [2.05, 4.69) is 38.3 Å². The zero-order chi connectivity index (χ0) is 12.1. The first kappa shape index (κ1) is 13.0. The van der Waals surface area contributed by atoms with Gasteiger partial charge in [-0.2, -0.15) is 0 Å². The third-order valence-corrected chi connectivity index (χ3v) is 3.70. The predicted octanol–water partition coefficient (Wildman–Crippen LogP) is 2.76. The average molecular weight is 301 g/mol. The highest BCUT2D eigenvalue weighted by Crippen LogP contribution is 2.26. The number of piperazine rings is 1. The Morgan fingerprint density at radius 3 is 2.76 bits per heavy atom. The molecule has 2 rings (SSSR count). The van der Waals surface area contributed by atoms with Crippen LogP contribution in [0.2, 0.25) is 0 Å². The molecule has 4 heteroatoms. The van der Waals surface area contributed by atoms with Crippen molar-refractivity contribution in [3.05, 3.63) is 34.3 Å². The molecule has 0 unspecified atom stereocenters. The minimum absolute atomic E-state index is 0.208. The second kappa shape index (κ2) is 6.47. The van der Waals surface area contributed by atoms with Gasteiger partial charge in [-0.25, -0.2) is 0 Å². The standard InChI is InChI=1S/C13H18BrFN2/c14-12-3-1-2-11(10-12)13(4-5-15)17-8-6-16-7-9-17/h1-3,10,13,16H,4-9H2/t13-/m0/s1.